The van der Waals surface area contributed by atoms with Crippen LogP contribution in [-0.2, 0) is 12.8 Å². The highest BCUT2D eigenvalue weighted by Gasteiger charge is 2.36. The number of benzene rings is 3. The second-order valence-corrected chi connectivity index (χ2v) is 9.54. The first-order chi connectivity index (χ1) is 17.6. The van der Waals surface area contributed by atoms with Gasteiger partial charge in [0.1, 0.15) is 12.4 Å². The molecule has 0 unspecified atom stereocenters. The van der Waals surface area contributed by atoms with E-state index < -0.39 is 11.7 Å². The van der Waals surface area contributed by atoms with Crippen molar-refractivity contribution < 1.29 is 17.9 Å². The van der Waals surface area contributed by atoms with Gasteiger partial charge in [-0.3, -0.25) is 0 Å². The molecule has 0 N–H and O–H groups in total. The van der Waals surface area contributed by atoms with Crippen LogP contribution in [0.15, 0.2) is 72.8 Å². The molecule has 0 saturated carbocycles. The van der Waals surface area contributed by atoms with Crippen LogP contribution in [0, 0.1) is 6.92 Å². The standard InChI is InChI=1S/C27H17Cl3F3N3O/c1-15-25-21(27(31,32)33)13-24(34-26(25)36(35-15)19-4-2-3-18(28)12-19)17-6-8-20(9-7-17)37-14-16-5-10-22(29)23(30)11-16/h2-13H,14H2,1H3. The van der Waals surface area contributed by atoms with Crippen LogP contribution >= 0.6 is 34.8 Å². The largest absolute Gasteiger partial charge is 0.489 e. The number of alkyl halides is 3. The molecule has 2 heterocycles. The van der Waals surface area contributed by atoms with Crippen LogP contribution in [0.2, 0.25) is 15.1 Å². The van der Waals surface area contributed by atoms with Crippen molar-refractivity contribution in [3.8, 4) is 22.7 Å². The first-order valence-corrected chi connectivity index (χ1v) is 12.1. The van der Waals surface area contributed by atoms with E-state index in [0.717, 1.165) is 11.6 Å². The van der Waals surface area contributed by atoms with Gasteiger partial charge in [-0.15, -0.1) is 0 Å². The summed E-state index contributed by atoms with van der Waals surface area (Å²) in [5.74, 6) is 0.534. The Morgan fingerprint density at radius 1 is 0.892 bits per heavy atom. The van der Waals surface area contributed by atoms with Gasteiger partial charge in [-0.25, -0.2) is 9.67 Å². The Kier molecular flexibility index (Phi) is 6.79. The minimum absolute atomic E-state index is 0.0576. The van der Waals surface area contributed by atoms with E-state index in [4.69, 9.17) is 39.5 Å². The summed E-state index contributed by atoms with van der Waals surface area (Å²) >= 11 is 18.1. The molecule has 188 valence electrons. The molecule has 10 heteroatoms. The van der Waals surface area contributed by atoms with E-state index in [1.54, 1.807) is 66.7 Å². The molecular formula is C27H17Cl3F3N3O. The summed E-state index contributed by atoms with van der Waals surface area (Å²) in [5, 5.41) is 5.59. The molecule has 3 aromatic carbocycles. The maximum atomic E-state index is 14.1. The molecule has 2 aromatic heterocycles. The van der Waals surface area contributed by atoms with E-state index in [1.165, 1.54) is 11.6 Å². The van der Waals surface area contributed by atoms with Crippen LogP contribution in [0.4, 0.5) is 13.2 Å². The third-order valence-electron chi connectivity index (χ3n) is 5.71. The Balaban J connectivity index is 1.52. The summed E-state index contributed by atoms with van der Waals surface area (Å²) in [7, 11) is 0. The lowest BCUT2D eigenvalue weighted by atomic mass is 10.0. The Morgan fingerprint density at radius 2 is 1.65 bits per heavy atom. The predicted molar refractivity (Wildman–Crippen MR) is 140 cm³/mol. The molecule has 0 aliphatic rings. The summed E-state index contributed by atoms with van der Waals surface area (Å²) < 4.78 is 49.5. The predicted octanol–water partition coefficient (Wildman–Crippen LogP) is 8.95. The Hall–Kier alpha value is -3.26. The van der Waals surface area contributed by atoms with Gasteiger partial charge in [0.05, 0.1) is 38.1 Å². The van der Waals surface area contributed by atoms with Crippen LogP contribution in [0.5, 0.6) is 5.75 Å². The molecule has 0 amide bonds. The van der Waals surface area contributed by atoms with Crippen molar-refractivity contribution in [1.82, 2.24) is 14.8 Å². The first-order valence-electron chi connectivity index (χ1n) is 11.0. The van der Waals surface area contributed by atoms with Crippen molar-refractivity contribution in [2.24, 2.45) is 0 Å². The van der Waals surface area contributed by atoms with Gasteiger partial charge in [-0.2, -0.15) is 18.3 Å². The highest BCUT2D eigenvalue weighted by atomic mass is 35.5. The fourth-order valence-electron chi connectivity index (χ4n) is 3.97. The Morgan fingerprint density at radius 3 is 2.32 bits per heavy atom. The summed E-state index contributed by atoms with van der Waals surface area (Å²) in [6.07, 6.45) is -4.61. The van der Waals surface area contributed by atoms with E-state index in [1.807, 2.05) is 0 Å². The third-order valence-corrected chi connectivity index (χ3v) is 6.68. The minimum Gasteiger partial charge on any atom is -0.489 e. The van der Waals surface area contributed by atoms with Crippen molar-refractivity contribution >= 4 is 45.8 Å². The number of pyridine rings is 1. The normalized spacial score (nSPS) is 11.8. The maximum Gasteiger partial charge on any atom is 0.417 e. The Labute approximate surface area is 225 Å². The number of nitrogens with zero attached hydrogens (tertiary/aromatic N) is 3. The van der Waals surface area contributed by atoms with E-state index in [9.17, 15) is 13.2 Å². The first kappa shape index (κ1) is 25.4. The Bertz CT molecular complexity index is 1620. The maximum absolute atomic E-state index is 14.1. The summed E-state index contributed by atoms with van der Waals surface area (Å²) in [6, 6.07) is 19.6. The fourth-order valence-corrected chi connectivity index (χ4v) is 4.47. The molecule has 0 aliphatic heterocycles. The van der Waals surface area contributed by atoms with E-state index in [-0.39, 0.29) is 29.0 Å². The highest BCUT2D eigenvalue weighted by molar-refractivity contribution is 6.42. The van der Waals surface area contributed by atoms with Gasteiger partial charge in [0.15, 0.2) is 5.65 Å². The van der Waals surface area contributed by atoms with Gasteiger partial charge in [-0.05, 0) is 73.2 Å². The van der Waals surface area contributed by atoms with Crippen molar-refractivity contribution in [2.45, 2.75) is 19.7 Å². The molecule has 4 nitrogen and oxygen atoms in total. The number of aromatic nitrogens is 3. The summed E-state index contributed by atoms with van der Waals surface area (Å²) in [5.41, 5.74) is 1.47. The van der Waals surface area contributed by atoms with Crippen molar-refractivity contribution in [3.05, 3.63) is 105 Å². The van der Waals surface area contributed by atoms with Crippen LogP contribution in [-0.4, -0.2) is 14.8 Å². The van der Waals surface area contributed by atoms with Gasteiger partial charge >= 0.3 is 6.18 Å². The van der Waals surface area contributed by atoms with Crippen LogP contribution in [0.25, 0.3) is 28.0 Å². The average molecular weight is 563 g/mol. The molecular weight excluding hydrogens is 546 g/mol. The highest BCUT2D eigenvalue weighted by Crippen LogP contribution is 2.39. The number of rotatable bonds is 5. The number of halogens is 6. The summed E-state index contributed by atoms with van der Waals surface area (Å²) in [6.45, 7) is 1.77. The molecule has 5 aromatic rings. The SMILES string of the molecule is Cc1nn(-c2cccc(Cl)c2)c2nc(-c3ccc(OCc4ccc(Cl)c(Cl)c4)cc3)cc(C(F)(F)F)c12. The summed E-state index contributed by atoms with van der Waals surface area (Å²) in [4.78, 5) is 4.58. The number of hydrogen-bond acceptors (Lipinski definition) is 3. The molecule has 0 atom stereocenters. The quantitative estimate of drug-likeness (QED) is 0.215. The molecule has 37 heavy (non-hydrogen) atoms. The lowest BCUT2D eigenvalue weighted by Gasteiger charge is -2.12. The van der Waals surface area contributed by atoms with E-state index in [0.29, 0.717) is 32.1 Å². The lowest BCUT2D eigenvalue weighted by molar-refractivity contribution is -0.136. The molecule has 5 rings (SSSR count). The number of hydrogen-bond donors (Lipinski definition) is 0. The molecule has 0 aliphatic carbocycles. The van der Waals surface area contributed by atoms with Crippen molar-refractivity contribution in [2.75, 3.05) is 0 Å². The zero-order valence-electron chi connectivity index (χ0n) is 19.2. The average Bonchev–Trinajstić information content (AvgIpc) is 3.20. The topological polar surface area (TPSA) is 39.9 Å². The monoisotopic (exact) mass is 561 g/mol. The van der Waals surface area contributed by atoms with E-state index in [2.05, 4.69) is 10.1 Å². The van der Waals surface area contributed by atoms with Gasteiger partial charge < -0.3 is 4.74 Å². The van der Waals surface area contributed by atoms with Crippen LogP contribution in [0.3, 0.4) is 0 Å². The van der Waals surface area contributed by atoms with Crippen LogP contribution < -0.4 is 4.74 Å². The molecule has 0 fully saturated rings. The third kappa shape index (κ3) is 5.25. The van der Waals surface area contributed by atoms with Crippen molar-refractivity contribution in [3.63, 3.8) is 0 Å². The zero-order chi connectivity index (χ0) is 26.3. The lowest BCUT2D eigenvalue weighted by Crippen LogP contribution is -2.08. The smallest absolute Gasteiger partial charge is 0.417 e. The van der Waals surface area contributed by atoms with Crippen molar-refractivity contribution in [1.29, 1.82) is 0 Å². The second kappa shape index (κ2) is 9.89. The van der Waals surface area contributed by atoms with Gasteiger partial charge in [0.2, 0.25) is 0 Å². The molecule has 0 bridgehead atoms. The van der Waals surface area contributed by atoms with Gasteiger partial charge in [0.25, 0.3) is 0 Å². The number of aryl methyl sites for hydroxylation is 1. The zero-order valence-corrected chi connectivity index (χ0v) is 21.4. The molecule has 0 radical (unpaired) electrons. The van der Waals surface area contributed by atoms with Gasteiger partial charge in [0, 0.05) is 10.6 Å². The van der Waals surface area contributed by atoms with E-state index >= 15 is 0 Å². The van der Waals surface area contributed by atoms with Crippen LogP contribution in [0.1, 0.15) is 16.8 Å². The fraction of sp³-hybridized carbons (Fsp3) is 0.111. The number of fused-ring (bicyclic) bond motifs is 1. The minimum atomic E-state index is -4.61. The molecule has 0 spiro atoms. The second-order valence-electron chi connectivity index (χ2n) is 8.29. The number of ether oxygens (including phenoxy) is 1. The molecule has 0 saturated heterocycles. The van der Waals surface area contributed by atoms with Gasteiger partial charge in [-0.1, -0.05) is 46.9 Å².